The normalized spacial score (nSPS) is 20.5. The third-order valence-corrected chi connectivity index (χ3v) is 6.05. The van der Waals surface area contributed by atoms with Crippen LogP contribution in [0, 0.1) is 11.8 Å². The average Bonchev–Trinajstić information content (AvgIpc) is 2.85. The van der Waals surface area contributed by atoms with Crippen LogP contribution in [0.1, 0.15) is 70.9 Å². The van der Waals surface area contributed by atoms with Crippen molar-refractivity contribution in [2.45, 2.75) is 77.5 Å². The van der Waals surface area contributed by atoms with Gasteiger partial charge in [0.1, 0.15) is 11.9 Å². The van der Waals surface area contributed by atoms with E-state index in [4.69, 9.17) is 9.57 Å². The number of hydrogen-bond donors (Lipinski definition) is 3. The van der Waals surface area contributed by atoms with Crippen LogP contribution < -0.4 is 16.1 Å². The van der Waals surface area contributed by atoms with Crippen molar-refractivity contribution in [1.82, 2.24) is 20.8 Å². The minimum atomic E-state index is -0.400. The van der Waals surface area contributed by atoms with Gasteiger partial charge in [0.2, 0.25) is 5.91 Å². The first kappa shape index (κ1) is 25.1. The minimum absolute atomic E-state index is 0.0139. The van der Waals surface area contributed by atoms with Crippen molar-refractivity contribution in [2.24, 2.45) is 11.8 Å². The number of hydrogen-bond acceptors (Lipinski definition) is 7. The van der Waals surface area contributed by atoms with Gasteiger partial charge in [-0.2, -0.15) is 0 Å². The highest BCUT2D eigenvalue weighted by atomic mass is 16.8. The quantitative estimate of drug-likeness (QED) is 0.364. The minimum Gasteiger partial charge on any atom is -0.357 e. The van der Waals surface area contributed by atoms with E-state index in [1.807, 2.05) is 13.8 Å². The molecule has 2 amide bonds. The zero-order valence-electron chi connectivity index (χ0n) is 19.7. The zero-order chi connectivity index (χ0) is 23.5. The van der Waals surface area contributed by atoms with E-state index in [2.05, 4.69) is 26.1 Å². The van der Waals surface area contributed by atoms with Gasteiger partial charge in [0.05, 0.1) is 18.1 Å². The van der Waals surface area contributed by atoms with Crippen molar-refractivity contribution < 1.29 is 19.2 Å². The van der Waals surface area contributed by atoms with E-state index in [1.54, 1.807) is 18.5 Å². The Morgan fingerprint density at radius 3 is 2.58 bits per heavy atom. The van der Waals surface area contributed by atoms with Crippen LogP contribution in [0.3, 0.4) is 0 Å². The Balaban J connectivity index is 1.45. The van der Waals surface area contributed by atoms with Crippen LogP contribution >= 0.6 is 0 Å². The molecule has 0 radical (unpaired) electrons. The van der Waals surface area contributed by atoms with Crippen molar-refractivity contribution in [3.05, 3.63) is 24.2 Å². The summed E-state index contributed by atoms with van der Waals surface area (Å²) in [5.41, 5.74) is 2.89. The Hall–Kier alpha value is -2.52. The smallest absolute Gasteiger partial charge is 0.267 e. The molecule has 3 N–H and O–H groups in total. The lowest BCUT2D eigenvalue weighted by Crippen LogP contribution is -2.44. The van der Waals surface area contributed by atoms with Crippen molar-refractivity contribution >= 4 is 23.7 Å². The third-order valence-electron chi connectivity index (χ3n) is 6.05. The van der Waals surface area contributed by atoms with Crippen molar-refractivity contribution in [1.29, 1.82) is 0 Å². The average molecular weight is 460 g/mol. The van der Waals surface area contributed by atoms with Crippen LogP contribution in [0.4, 0.5) is 5.82 Å². The Bertz CT molecular complexity index is 772. The largest absolute Gasteiger partial charge is 0.357 e. The lowest BCUT2D eigenvalue weighted by molar-refractivity contribution is -0.198. The number of carbonyl (C=O) groups is 2. The molecule has 2 atom stereocenters. The van der Waals surface area contributed by atoms with E-state index in [9.17, 15) is 9.59 Å². The second-order valence-corrected chi connectivity index (χ2v) is 9.16. The van der Waals surface area contributed by atoms with Crippen LogP contribution in [-0.4, -0.2) is 47.3 Å². The van der Waals surface area contributed by atoms with Crippen LogP contribution in [0.2, 0.25) is 0 Å². The van der Waals surface area contributed by atoms with Gasteiger partial charge in [-0.15, -0.1) is 0 Å². The first-order valence-corrected chi connectivity index (χ1v) is 12.1. The monoisotopic (exact) mass is 459 g/mol. The van der Waals surface area contributed by atoms with Crippen LogP contribution in [0.25, 0.3) is 6.08 Å². The summed E-state index contributed by atoms with van der Waals surface area (Å²) in [6, 6.07) is -0.394. The predicted octanol–water partition coefficient (Wildman–Crippen LogP) is 3.20. The van der Waals surface area contributed by atoms with Gasteiger partial charge in [-0.05, 0) is 43.6 Å². The zero-order valence-corrected chi connectivity index (χ0v) is 19.7. The Morgan fingerprint density at radius 1 is 1.12 bits per heavy atom. The lowest BCUT2D eigenvalue weighted by Gasteiger charge is -2.25. The number of rotatable bonds is 10. The number of nitrogens with one attached hydrogen (secondary N) is 3. The summed E-state index contributed by atoms with van der Waals surface area (Å²) in [6.45, 7) is 5.38. The molecule has 0 spiro atoms. The van der Waals surface area contributed by atoms with Crippen molar-refractivity contribution in [2.75, 3.05) is 18.5 Å². The molecule has 1 saturated heterocycles. The number of ether oxygens (including phenoxy) is 1. The molecule has 2 aliphatic rings. The van der Waals surface area contributed by atoms with Gasteiger partial charge in [-0.1, -0.05) is 33.1 Å². The predicted molar refractivity (Wildman–Crippen MR) is 126 cm³/mol. The standard InChI is InChI=1S/C24H37N5O4/c1-17(2)23(24(31)27-14-18-8-4-3-5-9-18)28-20-16-25-19(15-26-20)11-12-21(30)29-33-22-10-6-7-13-32-22/h11-12,15-18,22-23H,3-10,13-14H2,1-2H3,(H,26,28)(H,27,31)(H,29,30)/t22?,23-/m1/s1. The SMILES string of the molecule is CC(C)[C@@H](Nc1cnc(C=CC(=O)NOC2CCCCO2)cn1)C(=O)NCC1CCCCC1. The van der Waals surface area contributed by atoms with Gasteiger partial charge in [0.15, 0.2) is 6.29 Å². The summed E-state index contributed by atoms with van der Waals surface area (Å²) in [4.78, 5) is 38.6. The van der Waals surface area contributed by atoms with E-state index in [1.165, 1.54) is 38.2 Å². The van der Waals surface area contributed by atoms with Gasteiger partial charge < -0.3 is 15.4 Å². The Labute approximate surface area is 196 Å². The first-order chi connectivity index (χ1) is 16.0. The highest BCUT2D eigenvalue weighted by molar-refractivity contribution is 5.90. The Kier molecular flexibility index (Phi) is 10.1. The molecule has 3 rings (SSSR count). The summed E-state index contributed by atoms with van der Waals surface area (Å²) in [5.74, 6) is 0.775. The number of nitrogens with zero attached hydrogens (tertiary/aromatic N) is 2. The number of amides is 2. The van der Waals surface area contributed by atoms with E-state index in [0.717, 1.165) is 25.8 Å². The van der Waals surface area contributed by atoms with Gasteiger partial charge in [-0.3, -0.25) is 14.6 Å². The number of carbonyl (C=O) groups excluding carboxylic acids is 2. The number of aromatic nitrogens is 2. The van der Waals surface area contributed by atoms with Gasteiger partial charge >= 0.3 is 0 Å². The molecule has 2 fully saturated rings. The fraction of sp³-hybridized carbons (Fsp3) is 0.667. The van der Waals surface area contributed by atoms with E-state index >= 15 is 0 Å². The molecule has 1 aliphatic carbocycles. The van der Waals surface area contributed by atoms with Crippen LogP contribution in [0.15, 0.2) is 18.5 Å². The van der Waals surface area contributed by atoms with Gasteiger partial charge in [0, 0.05) is 25.6 Å². The second kappa shape index (κ2) is 13.3. The van der Waals surface area contributed by atoms with Gasteiger partial charge in [0.25, 0.3) is 5.91 Å². The van der Waals surface area contributed by atoms with E-state index < -0.39 is 18.2 Å². The lowest BCUT2D eigenvalue weighted by atomic mass is 9.89. The fourth-order valence-corrected chi connectivity index (χ4v) is 4.06. The molecular formula is C24H37N5O4. The summed E-state index contributed by atoms with van der Waals surface area (Å²) in [5, 5.41) is 6.30. The maximum absolute atomic E-state index is 12.8. The Morgan fingerprint density at radius 2 is 1.91 bits per heavy atom. The number of anilines is 1. The highest BCUT2D eigenvalue weighted by Crippen LogP contribution is 2.23. The highest BCUT2D eigenvalue weighted by Gasteiger charge is 2.24. The fourth-order valence-electron chi connectivity index (χ4n) is 4.06. The van der Waals surface area contributed by atoms with E-state index in [-0.39, 0.29) is 11.8 Å². The van der Waals surface area contributed by atoms with Crippen molar-refractivity contribution in [3.8, 4) is 0 Å². The van der Waals surface area contributed by atoms with Crippen molar-refractivity contribution in [3.63, 3.8) is 0 Å². The molecule has 1 aliphatic heterocycles. The molecular weight excluding hydrogens is 422 g/mol. The summed E-state index contributed by atoms with van der Waals surface area (Å²) in [6.07, 6.45) is 14.6. The maximum Gasteiger partial charge on any atom is 0.267 e. The topological polar surface area (TPSA) is 114 Å². The molecule has 0 aromatic carbocycles. The molecule has 0 bridgehead atoms. The van der Waals surface area contributed by atoms with Crippen LogP contribution in [-0.2, 0) is 19.2 Å². The summed E-state index contributed by atoms with van der Waals surface area (Å²) < 4.78 is 5.40. The molecule has 1 saturated carbocycles. The molecule has 1 unspecified atom stereocenters. The molecule has 1 aromatic rings. The third kappa shape index (κ3) is 8.74. The molecule has 33 heavy (non-hydrogen) atoms. The molecule has 182 valence electrons. The molecule has 2 heterocycles. The van der Waals surface area contributed by atoms with Gasteiger partial charge in [-0.25, -0.2) is 15.3 Å². The molecule has 9 nitrogen and oxygen atoms in total. The summed E-state index contributed by atoms with van der Waals surface area (Å²) in [7, 11) is 0. The second-order valence-electron chi connectivity index (χ2n) is 9.16. The van der Waals surface area contributed by atoms with E-state index in [0.29, 0.717) is 24.0 Å². The molecule has 1 aromatic heterocycles. The van der Waals surface area contributed by atoms with Crippen LogP contribution in [0.5, 0.6) is 0 Å². The molecule has 9 heteroatoms. The summed E-state index contributed by atoms with van der Waals surface area (Å²) >= 11 is 0. The maximum atomic E-state index is 12.8. The first-order valence-electron chi connectivity index (χ1n) is 12.1. The number of hydroxylamine groups is 1.